The summed E-state index contributed by atoms with van der Waals surface area (Å²) in [6.45, 7) is 4.77. The van der Waals surface area contributed by atoms with E-state index in [2.05, 4.69) is 0 Å². The minimum absolute atomic E-state index is 0.0615. The molecule has 3 aromatic carbocycles. The van der Waals surface area contributed by atoms with Crippen molar-refractivity contribution >= 4 is 18.0 Å². The van der Waals surface area contributed by atoms with Crippen molar-refractivity contribution in [2.75, 3.05) is 33.4 Å². The van der Waals surface area contributed by atoms with Crippen LogP contribution in [0.3, 0.4) is 0 Å². The summed E-state index contributed by atoms with van der Waals surface area (Å²) in [6.07, 6.45) is 1.10. The molecule has 43 heavy (non-hydrogen) atoms. The first-order valence-electron chi connectivity index (χ1n) is 14.1. The highest BCUT2D eigenvalue weighted by Gasteiger charge is 2.39. The number of piperazine rings is 1. The first-order valence-corrected chi connectivity index (χ1v) is 14.1. The zero-order valence-electron chi connectivity index (χ0n) is 24.4. The lowest BCUT2D eigenvalue weighted by Gasteiger charge is -2.38. The van der Waals surface area contributed by atoms with Crippen LogP contribution in [0.25, 0.3) is 17.1 Å². The number of hydrogen-bond donors (Lipinski definition) is 0. The molecule has 5 rings (SSSR count). The van der Waals surface area contributed by atoms with Crippen LogP contribution in [-0.2, 0) is 20.9 Å². The second-order valence-electron chi connectivity index (χ2n) is 10.1. The molecule has 0 radical (unpaired) electrons. The Morgan fingerprint density at radius 3 is 2.44 bits per heavy atom. The van der Waals surface area contributed by atoms with Gasteiger partial charge in [-0.05, 0) is 31.5 Å². The number of amides is 2. The van der Waals surface area contributed by atoms with Gasteiger partial charge in [0.15, 0.2) is 0 Å². The second-order valence-corrected chi connectivity index (χ2v) is 10.1. The lowest BCUT2D eigenvalue weighted by Crippen LogP contribution is -2.59. The van der Waals surface area contributed by atoms with Gasteiger partial charge in [0.05, 0.1) is 25.9 Å². The van der Waals surface area contributed by atoms with Crippen molar-refractivity contribution in [1.82, 2.24) is 19.4 Å². The van der Waals surface area contributed by atoms with Gasteiger partial charge >= 0.3 is 12.1 Å². The SMILES string of the molecule is CCOc1cccc(-n2cc(C(=O)N3CCN(C(=O)OCc4ccccc4)C[C@@H]3C(=O)OC)nc2-c2ccc(C)cc2)c1. The average molecular weight is 583 g/mol. The highest BCUT2D eigenvalue weighted by Crippen LogP contribution is 2.27. The summed E-state index contributed by atoms with van der Waals surface area (Å²) in [6, 6.07) is 23.7. The van der Waals surface area contributed by atoms with Gasteiger partial charge < -0.3 is 24.0 Å². The van der Waals surface area contributed by atoms with E-state index in [1.807, 2.05) is 97.3 Å². The van der Waals surface area contributed by atoms with Crippen LogP contribution in [0, 0.1) is 6.92 Å². The molecule has 2 heterocycles. The number of benzene rings is 3. The molecule has 1 aliphatic rings. The Morgan fingerprint density at radius 2 is 1.72 bits per heavy atom. The molecule has 10 heteroatoms. The molecule has 0 saturated carbocycles. The average Bonchev–Trinajstić information content (AvgIpc) is 3.49. The second kappa shape index (κ2) is 13.2. The Morgan fingerprint density at radius 1 is 0.953 bits per heavy atom. The number of carbonyl (C=O) groups excluding carboxylic acids is 3. The number of rotatable bonds is 8. The molecule has 1 aliphatic heterocycles. The van der Waals surface area contributed by atoms with Crippen LogP contribution in [-0.4, -0.2) is 76.7 Å². The van der Waals surface area contributed by atoms with Crippen LogP contribution < -0.4 is 4.74 Å². The lowest BCUT2D eigenvalue weighted by molar-refractivity contribution is -0.147. The van der Waals surface area contributed by atoms with Crippen molar-refractivity contribution in [2.24, 2.45) is 0 Å². The molecule has 0 spiro atoms. The summed E-state index contributed by atoms with van der Waals surface area (Å²) < 4.78 is 18.0. The summed E-state index contributed by atoms with van der Waals surface area (Å²) in [5, 5.41) is 0. The molecule has 0 bridgehead atoms. The van der Waals surface area contributed by atoms with Crippen LogP contribution in [0.15, 0.2) is 85.1 Å². The highest BCUT2D eigenvalue weighted by atomic mass is 16.6. The van der Waals surface area contributed by atoms with Crippen LogP contribution in [0.5, 0.6) is 5.75 Å². The number of nitrogens with zero attached hydrogens (tertiary/aromatic N) is 4. The Bertz CT molecular complexity index is 1580. The van der Waals surface area contributed by atoms with Gasteiger partial charge in [0, 0.05) is 30.9 Å². The molecule has 0 unspecified atom stereocenters. The fraction of sp³-hybridized carbons (Fsp3) is 0.273. The van der Waals surface area contributed by atoms with Gasteiger partial charge in [0.2, 0.25) is 0 Å². The first-order chi connectivity index (χ1) is 20.9. The van der Waals surface area contributed by atoms with Gasteiger partial charge in [-0.15, -0.1) is 0 Å². The van der Waals surface area contributed by atoms with Gasteiger partial charge in [0.25, 0.3) is 5.91 Å². The summed E-state index contributed by atoms with van der Waals surface area (Å²) >= 11 is 0. The smallest absolute Gasteiger partial charge is 0.410 e. The van der Waals surface area contributed by atoms with E-state index >= 15 is 0 Å². The van der Waals surface area contributed by atoms with Crippen LogP contribution in [0.2, 0.25) is 0 Å². The summed E-state index contributed by atoms with van der Waals surface area (Å²) in [4.78, 5) is 47.3. The Kier molecular flexibility index (Phi) is 9.05. The number of carbonyl (C=O) groups is 3. The third-order valence-electron chi connectivity index (χ3n) is 7.22. The zero-order chi connectivity index (χ0) is 30.3. The van der Waals surface area contributed by atoms with Crippen molar-refractivity contribution in [3.05, 3.63) is 102 Å². The number of esters is 1. The van der Waals surface area contributed by atoms with Crippen LogP contribution in [0.4, 0.5) is 4.79 Å². The Labute approximate surface area is 250 Å². The lowest BCUT2D eigenvalue weighted by atomic mass is 10.1. The van der Waals surface area contributed by atoms with Gasteiger partial charge in [0.1, 0.15) is 29.9 Å². The summed E-state index contributed by atoms with van der Waals surface area (Å²) in [7, 11) is 1.26. The van der Waals surface area contributed by atoms with Crippen LogP contribution >= 0.6 is 0 Å². The maximum atomic E-state index is 14.0. The van der Waals surface area contributed by atoms with Gasteiger partial charge in [-0.25, -0.2) is 14.6 Å². The zero-order valence-corrected chi connectivity index (χ0v) is 24.4. The van der Waals surface area contributed by atoms with E-state index in [4.69, 9.17) is 19.2 Å². The van der Waals surface area contributed by atoms with E-state index in [9.17, 15) is 14.4 Å². The summed E-state index contributed by atoms with van der Waals surface area (Å²) in [5.41, 5.74) is 3.69. The Hall–Kier alpha value is -5.12. The molecule has 1 atom stereocenters. The van der Waals surface area contributed by atoms with E-state index in [1.165, 1.54) is 16.9 Å². The van der Waals surface area contributed by atoms with E-state index in [0.29, 0.717) is 18.2 Å². The topological polar surface area (TPSA) is 103 Å². The van der Waals surface area contributed by atoms with Crippen molar-refractivity contribution in [1.29, 1.82) is 0 Å². The number of aryl methyl sites for hydroxylation is 1. The number of methoxy groups -OCH3 is 1. The van der Waals surface area contributed by atoms with Gasteiger partial charge in [-0.2, -0.15) is 0 Å². The predicted molar refractivity (Wildman–Crippen MR) is 160 cm³/mol. The molecular formula is C33H34N4O6. The fourth-order valence-corrected chi connectivity index (χ4v) is 4.96. The molecule has 1 fully saturated rings. The first kappa shape index (κ1) is 29.4. The minimum atomic E-state index is -1.02. The van der Waals surface area contributed by atoms with Gasteiger partial charge in [-0.1, -0.05) is 66.2 Å². The normalized spacial score (nSPS) is 14.7. The van der Waals surface area contributed by atoms with E-state index in [1.54, 1.807) is 6.20 Å². The molecule has 1 aromatic heterocycles. The number of imidazole rings is 1. The van der Waals surface area contributed by atoms with Crippen molar-refractivity contribution in [2.45, 2.75) is 26.5 Å². The minimum Gasteiger partial charge on any atom is -0.494 e. The standard InChI is InChI=1S/C33H34N4O6/c1-4-42-27-12-8-11-26(19-27)37-20-28(34-30(37)25-15-13-23(2)14-16-25)31(38)36-18-17-35(21-29(36)32(39)41-3)33(40)43-22-24-9-6-5-7-10-24/h5-16,19-20,29H,4,17-18,21-22H2,1-3H3/t29-/m1/s1. The molecule has 10 nitrogen and oxygen atoms in total. The monoisotopic (exact) mass is 582 g/mol. The molecule has 1 saturated heterocycles. The molecule has 0 N–H and O–H groups in total. The summed E-state index contributed by atoms with van der Waals surface area (Å²) in [5.74, 6) is 0.185. The predicted octanol–water partition coefficient (Wildman–Crippen LogP) is 4.88. The third kappa shape index (κ3) is 6.69. The number of hydrogen-bond acceptors (Lipinski definition) is 7. The molecule has 2 amide bonds. The Balaban J connectivity index is 1.42. The highest BCUT2D eigenvalue weighted by molar-refractivity contribution is 5.96. The van der Waals surface area contributed by atoms with E-state index < -0.39 is 24.0 Å². The molecule has 4 aromatic rings. The van der Waals surface area contributed by atoms with E-state index in [-0.39, 0.29) is 31.9 Å². The van der Waals surface area contributed by atoms with Crippen molar-refractivity contribution < 1.29 is 28.6 Å². The van der Waals surface area contributed by atoms with E-state index in [0.717, 1.165) is 22.4 Å². The maximum Gasteiger partial charge on any atom is 0.410 e. The quantitative estimate of drug-likeness (QED) is 0.273. The fourth-order valence-electron chi connectivity index (χ4n) is 4.96. The maximum absolute atomic E-state index is 14.0. The third-order valence-corrected chi connectivity index (χ3v) is 7.22. The largest absolute Gasteiger partial charge is 0.494 e. The molecular weight excluding hydrogens is 548 g/mol. The molecule has 0 aliphatic carbocycles. The molecule has 222 valence electrons. The van der Waals surface area contributed by atoms with Crippen molar-refractivity contribution in [3.8, 4) is 22.8 Å². The van der Waals surface area contributed by atoms with Crippen molar-refractivity contribution in [3.63, 3.8) is 0 Å². The number of aromatic nitrogens is 2. The van der Waals surface area contributed by atoms with Gasteiger partial charge in [-0.3, -0.25) is 9.36 Å². The number of ether oxygens (including phenoxy) is 3. The van der Waals surface area contributed by atoms with Crippen LogP contribution in [0.1, 0.15) is 28.5 Å².